The second-order valence-electron chi connectivity index (χ2n) is 35.9. The third-order valence-electron chi connectivity index (χ3n) is 24.7. The number of primary amides is 3. The van der Waals surface area contributed by atoms with Gasteiger partial charge in [-0.15, -0.1) is 0 Å². The number of nitrogens with two attached hydrogens (primary N) is 3. The molecule has 0 bridgehead atoms. The largest absolute Gasteiger partial charge is 0.472 e. The molecule has 6 saturated heterocycles. The summed E-state index contributed by atoms with van der Waals surface area (Å²) in [5.41, 5.74) is 25.1. The van der Waals surface area contributed by atoms with Gasteiger partial charge in [0, 0.05) is 199 Å². The molecule has 6 aliphatic rings. The van der Waals surface area contributed by atoms with Crippen LogP contribution < -0.4 is 75.8 Å². The first-order chi connectivity index (χ1) is 68.9. The number of hydrogen-bond donors (Lipinski definition) is 4. The third-order valence-corrected chi connectivity index (χ3v) is 28.8. The van der Waals surface area contributed by atoms with Crippen molar-refractivity contribution in [1.82, 2.24) is 69.7 Å². The molecule has 0 radical (unpaired) electrons. The molecule has 10 heterocycles. The number of amides is 4. The molecule has 32 nitrogen and oxygen atoms in total. The molecule has 8 aromatic carbocycles. The van der Waals surface area contributed by atoms with Crippen LogP contribution in [0, 0.1) is 5.82 Å². The molecule has 744 valence electrons. The third kappa shape index (κ3) is 30.0. The first-order valence-electron chi connectivity index (χ1n) is 47.7. The van der Waals surface area contributed by atoms with E-state index in [2.05, 4.69) is 144 Å². The van der Waals surface area contributed by atoms with Crippen molar-refractivity contribution in [3.8, 4) is 23.5 Å². The molecule has 7 N–H and O–H groups in total. The van der Waals surface area contributed by atoms with Crippen LogP contribution in [-0.2, 0) is 26.4 Å². The summed E-state index contributed by atoms with van der Waals surface area (Å²) < 4.78 is 39.1. The van der Waals surface area contributed by atoms with Gasteiger partial charge in [-0.3, -0.25) is 24.1 Å². The smallest absolute Gasteiger partial charge is 0.252 e. The number of carbonyl (C=O) groups is 4. The maximum absolute atomic E-state index is 14.1. The minimum absolute atomic E-state index is 0.0461. The molecule has 6 fully saturated rings. The number of carbonyl (C=O) groups excluding carboxylic acids is 4. The lowest BCUT2D eigenvalue weighted by Gasteiger charge is -2.32. The van der Waals surface area contributed by atoms with Gasteiger partial charge in [0.05, 0.1) is 56.7 Å². The molecular formula is C105H125FN24O8S4. The Morgan fingerprint density at radius 2 is 0.669 bits per heavy atom. The van der Waals surface area contributed by atoms with Gasteiger partial charge in [0.1, 0.15) is 32.2 Å². The fourth-order valence-corrected chi connectivity index (χ4v) is 19.4. The number of aromatic nitrogens is 8. The second kappa shape index (κ2) is 51.0. The Kier molecular flexibility index (Phi) is 37.1. The quantitative estimate of drug-likeness (QED) is 0.0297. The minimum Gasteiger partial charge on any atom is -0.472 e. The summed E-state index contributed by atoms with van der Waals surface area (Å²) in [4.78, 5) is 118. The van der Waals surface area contributed by atoms with E-state index in [4.69, 9.17) is 56.1 Å². The maximum atomic E-state index is 14.1. The number of rotatable bonds is 33. The van der Waals surface area contributed by atoms with Crippen molar-refractivity contribution in [2.45, 2.75) is 91.3 Å². The van der Waals surface area contributed by atoms with Crippen LogP contribution in [0.4, 0.5) is 45.2 Å². The van der Waals surface area contributed by atoms with Crippen molar-refractivity contribution in [1.29, 1.82) is 0 Å². The van der Waals surface area contributed by atoms with Crippen molar-refractivity contribution >= 4 is 112 Å². The highest BCUT2D eigenvalue weighted by atomic mass is 32.2. The van der Waals surface area contributed by atoms with Crippen LogP contribution in [0.3, 0.4) is 0 Å². The summed E-state index contributed by atoms with van der Waals surface area (Å²) in [6.07, 6.45) is 12.2. The molecule has 142 heavy (non-hydrogen) atoms. The van der Waals surface area contributed by atoms with Gasteiger partial charge < -0.3 is 95.4 Å². The number of anilines is 7. The van der Waals surface area contributed by atoms with E-state index in [-0.39, 0.29) is 18.3 Å². The van der Waals surface area contributed by atoms with E-state index in [9.17, 15) is 23.6 Å². The summed E-state index contributed by atoms with van der Waals surface area (Å²) in [7, 11) is 16.1. The van der Waals surface area contributed by atoms with Crippen LogP contribution >= 0.6 is 47.0 Å². The number of piperazine rings is 4. The van der Waals surface area contributed by atoms with Gasteiger partial charge in [-0.1, -0.05) is 108 Å². The number of halogens is 1. The summed E-state index contributed by atoms with van der Waals surface area (Å²) in [6.45, 7) is 21.1. The Morgan fingerprint density at radius 3 is 1.02 bits per heavy atom. The van der Waals surface area contributed by atoms with Crippen LogP contribution in [0.1, 0.15) is 89.4 Å². The van der Waals surface area contributed by atoms with Crippen LogP contribution in [0.5, 0.6) is 23.5 Å². The number of likely N-dealkylation sites (N-methyl/N-ethyl adjacent to an activating group) is 4. The van der Waals surface area contributed by atoms with Gasteiger partial charge in [-0.05, 0) is 223 Å². The summed E-state index contributed by atoms with van der Waals surface area (Å²) in [5, 5.41) is 3.02. The van der Waals surface area contributed by atoms with Gasteiger partial charge in [0.2, 0.25) is 65.0 Å². The number of hydrogen-bond acceptors (Lipinski definition) is 32. The molecule has 12 aromatic rings. The second-order valence-corrected chi connectivity index (χ2v) is 40.3. The van der Waals surface area contributed by atoms with E-state index in [0.717, 1.165) is 198 Å². The Hall–Kier alpha value is -13.1. The van der Waals surface area contributed by atoms with Gasteiger partial charge in [-0.25, -0.2) is 24.3 Å². The molecule has 0 unspecified atom stereocenters. The van der Waals surface area contributed by atoms with Gasteiger partial charge >= 0.3 is 0 Å². The Balaban J connectivity index is 0.000000143. The van der Waals surface area contributed by atoms with Crippen LogP contribution in [0.25, 0.3) is 0 Å². The average molecular weight is 2000 g/mol. The average Bonchev–Trinajstić information content (AvgIpc) is 0.847. The molecule has 4 amide bonds. The van der Waals surface area contributed by atoms with Crippen molar-refractivity contribution in [3.63, 3.8) is 0 Å². The van der Waals surface area contributed by atoms with Crippen LogP contribution in [0.2, 0.25) is 0 Å². The highest BCUT2D eigenvalue weighted by Gasteiger charge is 2.27. The van der Waals surface area contributed by atoms with Crippen LogP contribution in [-0.4, -0.2) is 282 Å². The van der Waals surface area contributed by atoms with Crippen molar-refractivity contribution in [2.24, 2.45) is 17.2 Å². The lowest BCUT2D eigenvalue weighted by atomic mass is 10.2. The van der Waals surface area contributed by atoms with E-state index in [1.165, 1.54) is 72.7 Å². The zero-order valence-electron chi connectivity index (χ0n) is 81.7. The lowest BCUT2D eigenvalue weighted by Crippen LogP contribution is -2.45. The highest BCUT2D eigenvalue weighted by molar-refractivity contribution is 8.00. The zero-order valence-corrected chi connectivity index (χ0v) is 85.0. The Labute approximate surface area is 847 Å². The summed E-state index contributed by atoms with van der Waals surface area (Å²) in [5.74, 6) is 3.14. The Bertz CT molecular complexity index is 6150. The standard InChI is InChI=1S/C28H34N6O2S.C27H32N6O2S.C25H29FN6O2S.C25H30N6O2S/c1-32-15-17-34(18-16-32)28-29-19-25(27(31-28)36-20-22-7-3-2-4-8-22)37-24-11-9-23(10-12-24)26(35)30-21-33-13-5-6-14-33;1-31-13-15-33(16-14-31)27-29-18-24(36-23-9-7-21(8-10-23)25(28)34)26(30-27)35-19-20-5-4-6-22(17-20)32-11-2-3-12-32;1-30(2)21-14-17(4-9-20(21)26)16-34-24-22(35-19-7-5-18(6-8-19)23(27)33)15-28-25(29-24)32-12-10-31(3)11-13-32;1-29(2)20-6-4-5-18(15-20)17-33-24-22(34-21-9-7-19(8-10-21)23(26)32)16-27-25(28-24)31-13-11-30(3)12-14-31/h2-4,7-12,19H,5-6,13-18,20-21H2,1H3,(H,30,35);4-10,17-18H,2-3,11-16,19H2,1H3,(H2,28,34);4-9,14-15H,10-13,16H2,1-3H3,(H2,27,33);4-10,15-16H,11-14,17H2,1-3H3,(H2,26,32). The van der Waals surface area contributed by atoms with E-state index >= 15 is 0 Å². The van der Waals surface area contributed by atoms with E-state index in [1.54, 1.807) is 85.5 Å². The van der Waals surface area contributed by atoms with E-state index < -0.39 is 17.7 Å². The lowest BCUT2D eigenvalue weighted by molar-refractivity contribution is 0.0927. The molecule has 6 aliphatic heterocycles. The molecular weight excluding hydrogens is 1870 g/mol. The topological polar surface area (TPSA) is 337 Å². The maximum Gasteiger partial charge on any atom is 0.252 e. The number of benzene rings is 8. The first-order valence-corrected chi connectivity index (χ1v) is 51.0. The van der Waals surface area contributed by atoms with Crippen molar-refractivity contribution in [3.05, 3.63) is 269 Å². The normalized spacial score (nSPS) is 15.3. The molecule has 4 aromatic heterocycles. The monoisotopic (exact) mass is 2000 g/mol. The van der Waals surface area contributed by atoms with Gasteiger partial charge in [-0.2, -0.15) is 19.9 Å². The highest BCUT2D eigenvalue weighted by Crippen LogP contribution is 2.41. The molecule has 0 saturated carbocycles. The van der Waals surface area contributed by atoms with Crippen molar-refractivity contribution < 1.29 is 42.5 Å². The number of likely N-dealkylation sites (tertiary alicyclic amines) is 1. The molecule has 37 heteroatoms. The Morgan fingerprint density at radius 1 is 0.345 bits per heavy atom. The predicted molar refractivity (Wildman–Crippen MR) is 561 cm³/mol. The summed E-state index contributed by atoms with van der Waals surface area (Å²) in [6, 6.07) is 60.9. The molecule has 18 rings (SSSR count). The van der Waals surface area contributed by atoms with E-state index in [1.807, 2.05) is 136 Å². The number of nitrogens with one attached hydrogen (secondary N) is 1. The first kappa shape index (κ1) is 103. The zero-order chi connectivity index (χ0) is 99.4. The van der Waals surface area contributed by atoms with Crippen molar-refractivity contribution in [2.75, 3.05) is 228 Å². The van der Waals surface area contributed by atoms with Crippen LogP contribution in [0.15, 0.2) is 258 Å². The fraction of sp³-hybridized carbons (Fsp3) is 0.352. The predicted octanol–water partition coefficient (Wildman–Crippen LogP) is 13.8. The van der Waals surface area contributed by atoms with Gasteiger partial charge in [0.25, 0.3) is 5.91 Å². The molecule has 0 atom stereocenters. The van der Waals surface area contributed by atoms with Gasteiger partial charge in [0.15, 0.2) is 0 Å². The molecule has 0 spiro atoms. The minimum atomic E-state index is -0.471. The summed E-state index contributed by atoms with van der Waals surface area (Å²) >= 11 is 5.99. The number of nitrogens with zero attached hydrogens (tertiary/aromatic N) is 20. The number of ether oxygens (including phenoxy) is 4. The SMILES string of the molecule is CN1CCN(c2ncc(Sc3ccc(C(=O)NCN4CCCC4)cc3)c(OCc3ccccc3)n2)CC1.CN1CCN(c2ncc(Sc3ccc(C(N)=O)cc3)c(OCc3ccc(F)c(N(C)C)c3)n2)CC1.CN1CCN(c2ncc(Sc3ccc(C(N)=O)cc3)c(OCc3cccc(N(C)C)c3)n2)CC1.CN1CCN(c2ncc(Sc3ccc(C(N)=O)cc3)c(OCc3cccc(N4CCCC4)c3)n2)CC1. The van der Waals surface area contributed by atoms with E-state index in [0.29, 0.717) is 102 Å². The fourth-order valence-electron chi connectivity index (χ4n) is 16.1. The molecule has 0 aliphatic carbocycles.